The van der Waals surface area contributed by atoms with E-state index in [1.807, 2.05) is 4.57 Å². The molecule has 1 aliphatic heterocycles. The molecule has 1 amide bonds. The third kappa shape index (κ3) is 1.70. The van der Waals surface area contributed by atoms with Crippen molar-refractivity contribution in [2.45, 2.75) is 13.1 Å². The molecule has 0 aliphatic carbocycles. The number of hydrogen-bond acceptors (Lipinski definition) is 6. The van der Waals surface area contributed by atoms with Crippen molar-refractivity contribution in [1.29, 1.82) is 0 Å². The minimum absolute atomic E-state index is 0.414. The van der Waals surface area contributed by atoms with Crippen LogP contribution in [0.5, 0.6) is 0 Å². The molecule has 3 heterocycles. The van der Waals surface area contributed by atoms with E-state index in [1.165, 1.54) is 11.3 Å². The van der Waals surface area contributed by atoms with E-state index in [0.29, 0.717) is 17.1 Å². The van der Waals surface area contributed by atoms with E-state index < -0.39 is 5.91 Å². The monoisotopic (exact) mass is 264 g/mol. The third-order valence-electron chi connectivity index (χ3n) is 2.92. The molecule has 7 nitrogen and oxygen atoms in total. The number of rotatable bonds is 2. The van der Waals surface area contributed by atoms with Gasteiger partial charge in [-0.05, 0) is 6.07 Å². The minimum Gasteiger partial charge on any atom is -0.397 e. The molecule has 18 heavy (non-hydrogen) atoms. The van der Waals surface area contributed by atoms with E-state index in [2.05, 4.69) is 15.1 Å². The molecule has 8 heteroatoms. The normalized spacial score (nSPS) is 14.6. The number of anilines is 2. The van der Waals surface area contributed by atoms with Crippen LogP contribution in [0.2, 0.25) is 0 Å². The lowest BCUT2D eigenvalue weighted by Gasteiger charge is -2.27. The van der Waals surface area contributed by atoms with Crippen LogP contribution in [-0.4, -0.2) is 27.2 Å². The average Bonchev–Trinajstić information content (AvgIpc) is 2.93. The molecule has 0 atom stereocenters. The van der Waals surface area contributed by atoms with Crippen molar-refractivity contribution in [2.24, 2.45) is 5.73 Å². The van der Waals surface area contributed by atoms with Gasteiger partial charge >= 0.3 is 0 Å². The lowest BCUT2D eigenvalue weighted by Crippen LogP contribution is -2.32. The van der Waals surface area contributed by atoms with Crippen molar-refractivity contribution >= 4 is 27.9 Å². The van der Waals surface area contributed by atoms with Crippen molar-refractivity contribution in [3.05, 3.63) is 23.1 Å². The number of fused-ring (bicyclic) bond motifs is 1. The molecule has 0 spiro atoms. The zero-order valence-corrected chi connectivity index (χ0v) is 10.4. The molecule has 0 unspecified atom stereocenters. The summed E-state index contributed by atoms with van der Waals surface area (Å²) in [6.07, 6.45) is 1.73. The maximum Gasteiger partial charge on any atom is 0.260 e. The van der Waals surface area contributed by atoms with Crippen LogP contribution in [-0.2, 0) is 13.1 Å². The highest BCUT2D eigenvalue weighted by Crippen LogP contribution is 2.33. The molecule has 0 bridgehead atoms. The largest absolute Gasteiger partial charge is 0.397 e. The Hall–Kier alpha value is -2.09. The molecular formula is C10H12N6OS. The molecule has 1 aliphatic rings. The Balaban J connectivity index is 1.89. The SMILES string of the molecule is NC(=O)c1sc(N2CCn3cnnc3C2)cc1N. The number of nitrogens with two attached hydrogens (primary N) is 2. The van der Waals surface area contributed by atoms with Crippen LogP contribution in [0.25, 0.3) is 0 Å². The van der Waals surface area contributed by atoms with Gasteiger partial charge in [0.25, 0.3) is 5.91 Å². The number of aromatic nitrogens is 3. The quantitative estimate of drug-likeness (QED) is 0.797. The van der Waals surface area contributed by atoms with Gasteiger partial charge in [0.2, 0.25) is 0 Å². The topological polar surface area (TPSA) is 103 Å². The first kappa shape index (κ1) is 11.0. The number of primary amides is 1. The van der Waals surface area contributed by atoms with Crippen LogP contribution in [0.15, 0.2) is 12.4 Å². The Bertz CT molecular complexity index is 603. The number of amides is 1. The third-order valence-corrected chi connectivity index (χ3v) is 4.15. The summed E-state index contributed by atoms with van der Waals surface area (Å²) in [5.74, 6) is 0.428. The summed E-state index contributed by atoms with van der Waals surface area (Å²) < 4.78 is 2.02. The van der Waals surface area contributed by atoms with Crippen molar-refractivity contribution in [3.63, 3.8) is 0 Å². The van der Waals surface area contributed by atoms with Gasteiger partial charge in [-0.1, -0.05) is 0 Å². The second-order valence-electron chi connectivity index (χ2n) is 4.10. The average molecular weight is 264 g/mol. The zero-order valence-electron chi connectivity index (χ0n) is 9.54. The van der Waals surface area contributed by atoms with E-state index in [1.54, 1.807) is 12.4 Å². The number of nitrogen functional groups attached to an aromatic ring is 1. The lowest BCUT2D eigenvalue weighted by atomic mass is 10.3. The van der Waals surface area contributed by atoms with Crippen LogP contribution in [0.4, 0.5) is 10.7 Å². The highest BCUT2D eigenvalue weighted by Gasteiger charge is 2.21. The fourth-order valence-electron chi connectivity index (χ4n) is 1.99. The Morgan fingerprint density at radius 3 is 3.00 bits per heavy atom. The minimum atomic E-state index is -0.482. The van der Waals surface area contributed by atoms with Crippen molar-refractivity contribution in [2.75, 3.05) is 17.2 Å². The van der Waals surface area contributed by atoms with Crippen LogP contribution >= 0.6 is 11.3 Å². The van der Waals surface area contributed by atoms with Gasteiger partial charge < -0.3 is 20.9 Å². The molecule has 0 radical (unpaired) electrons. The Labute approximate surface area is 107 Å². The summed E-state index contributed by atoms with van der Waals surface area (Å²) >= 11 is 1.32. The van der Waals surface area contributed by atoms with Crippen LogP contribution in [0.3, 0.4) is 0 Å². The Morgan fingerprint density at radius 2 is 2.28 bits per heavy atom. The molecule has 0 fully saturated rings. The zero-order chi connectivity index (χ0) is 12.7. The molecule has 0 aromatic carbocycles. The van der Waals surface area contributed by atoms with Gasteiger partial charge in [0.05, 0.1) is 17.2 Å². The highest BCUT2D eigenvalue weighted by molar-refractivity contribution is 7.18. The summed E-state index contributed by atoms with van der Waals surface area (Å²) in [5, 5.41) is 8.86. The second-order valence-corrected chi connectivity index (χ2v) is 5.13. The van der Waals surface area contributed by atoms with E-state index in [0.717, 1.165) is 23.9 Å². The molecule has 2 aromatic heterocycles. The molecular weight excluding hydrogens is 252 g/mol. The number of carbonyl (C=O) groups excluding carboxylic acids is 1. The first-order valence-electron chi connectivity index (χ1n) is 5.46. The van der Waals surface area contributed by atoms with E-state index in [-0.39, 0.29) is 0 Å². The maximum absolute atomic E-state index is 11.2. The number of nitrogens with zero attached hydrogens (tertiary/aromatic N) is 4. The molecule has 4 N–H and O–H groups in total. The maximum atomic E-state index is 11.2. The molecule has 0 saturated carbocycles. The lowest BCUT2D eigenvalue weighted by molar-refractivity contribution is 0.100. The predicted octanol–water partition coefficient (Wildman–Crippen LogP) is 0.0409. The highest BCUT2D eigenvalue weighted by atomic mass is 32.1. The molecule has 3 rings (SSSR count). The van der Waals surface area contributed by atoms with Gasteiger partial charge in [-0.3, -0.25) is 4.79 Å². The second kappa shape index (κ2) is 3.98. The molecule has 0 saturated heterocycles. The van der Waals surface area contributed by atoms with Gasteiger partial charge in [-0.2, -0.15) is 0 Å². The summed E-state index contributed by atoms with van der Waals surface area (Å²) in [7, 11) is 0. The van der Waals surface area contributed by atoms with Crippen LogP contribution < -0.4 is 16.4 Å². The summed E-state index contributed by atoms with van der Waals surface area (Å²) in [4.78, 5) is 13.7. The van der Waals surface area contributed by atoms with Gasteiger partial charge in [-0.15, -0.1) is 21.5 Å². The smallest absolute Gasteiger partial charge is 0.260 e. The van der Waals surface area contributed by atoms with E-state index in [9.17, 15) is 4.79 Å². The fraction of sp³-hybridized carbons (Fsp3) is 0.300. The summed E-state index contributed by atoms with van der Waals surface area (Å²) in [6, 6.07) is 1.79. The number of thiophene rings is 1. The first-order chi connectivity index (χ1) is 8.65. The van der Waals surface area contributed by atoms with Crippen molar-refractivity contribution in [3.8, 4) is 0 Å². The van der Waals surface area contributed by atoms with Crippen molar-refractivity contribution in [1.82, 2.24) is 14.8 Å². The number of carbonyl (C=O) groups is 1. The number of hydrogen-bond donors (Lipinski definition) is 2. The summed E-state index contributed by atoms with van der Waals surface area (Å²) in [6.45, 7) is 2.33. The standard InChI is InChI=1S/C10H12N6OS/c11-6-3-8(18-9(6)10(12)17)15-1-2-16-5-13-14-7(16)4-15/h3,5H,1-2,4,11H2,(H2,12,17). The van der Waals surface area contributed by atoms with Crippen LogP contribution in [0.1, 0.15) is 15.5 Å². The first-order valence-corrected chi connectivity index (χ1v) is 6.27. The molecule has 2 aromatic rings. The summed E-state index contributed by atoms with van der Waals surface area (Å²) in [5.41, 5.74) is 11.5. The Morgan fingerprint density at radius 1 is 1.44 bits per heavy atom. The van der Waals surface area contributed by atoms with Gasteiger partial charge in [0.1, 0.15) is 11.2 Å². The van der Waals surface area contributed by atoms with E-state index in [4.69, 9.17) is 11.5 Å². The fourth-order valence-corrected chi connectivity index (χ4v) is 2.95. The van der Waals surface area contributed by atoms with Gasteiger partial charge in [0, 0.05) is 13.1 Å². The van der Waals surface area contributed by atoms with Gasteiger partial charge in [-0.25, -0.2) is 0 Å². The van der Waals surface area contributed by atoms with Gasteiger partial charge in [0.15, 0.2) is 5.82 Å². The predicted molar refractivity (Wildman–Crippen MR) is 68.3 cm³/mol. The van der Waals surface area contributed by atoms with E-state index >= 15 is 0 Å². The van der Waals surface area contributed by atoms with Crippen molar-refractivity contribution < 1.29 is 4.79 Å². The Kier molecular flexibility index (Phi) is 2.44. The molecule has 94 valence electrons. The van der Waals surface area contributed by atoms with Crippen LogP contribution in [0, 0.1) is 0 Å².